The molecule has 0 saturated heterocycles. The molecule has 1 heterocycles. The molecule has 1 aromatic heterocycles. The smallest absolute Gasteiger partial charge is 0.274 e. The van der Waals surface area contributed by atoms with Gasteiger partial charge in [-0.15, -0.1) is 5.10 Å². The third kappa shape index (κ3) is 2.33. The first-order valence-electron chi connectivity index (χ1n) is 5.31. The molecule has 2 rings (SSSR count). The summed E-state index contributed by atoms with van der Waals surface area (Å²) in [6.07, 6.45) is 0. The minimum atomic E-state index is -0.592. The van der Waals surface area contributed by atoms with Gasteiger partial charge in [0.25, 0.3) is 5.24 Å². The summed E-state index contributed by atoms with van der Waals surface area (Å²) in [7, 11) is 0. The number of aryl methyl sites for hydroxylation is 3. The highest BCUT2D eigenvalue weighted by atomic mass is 79.9. The highest BCUT2D eigenvalue weighted by Crippen LogP contribution is 2.23. The Balaban J connectivity index is 2.59. The van der Waals surface area contributed by atoms with Crippen LogP contribution in [0.5, 0.6) is 0 Å². The summed E-state index contributed by atoms with van der Waals surface area (Å²) >= 11 is 8.91. The van der Waals surface area contributed by atoms with Gasteiger partial charge in [0.1, 0.15) is 0 Å². The first-order valence-corrected chi connectivity index (χ1v) is 6.48. The molecule has 0 bridgehead atoms. The van der Waals surface area contributed by atoms with Gasteiger partial charge in [0.15, 0.2) is 5.69 Å². The van der Waals surface area contributed by atoms with Gasteiger partial charge in [-0.1, -0.05) is 15.9 Å². The molecule has 0 unspecified atom stereocenters. The molecule has 4 nitrogen and oxygen atoms in total. The first-order chi connectivity index (χ1) is 8.40. The average molecular weight is 329 g/mol. The molecule has 0 aliphatic carbocycles. The lowest BCUT2D eigenvalue weighted by atomic mass is 10.1. The standard InChI is InChI=1S/C12H11BrClN3O/c1-6-5-10(7(2)4-9(6)13)17-15-8(3)11(16-17)12(14)18/h4-5H,1-3H3. The van der Waals surface area contributed by atoms with E-state index in [1.165, 1.54) is 4.80 Å². The Morgan fingerprint density at radius 3 is 2.44 bits per heavy atom. The Morgan fingerprint density at radius 1 is 1.22 bits per heavy atom. The number of aromatic nitrogens is 3. The van der Waals surface area contributed by atoms with Crippen LogP contribution in [0.3, 0.4) is 0 Å². The number of nitrogens with zero attached hydrogens (tertiary/aromatic N) is 3. The Morgan fingerprint density at radius 2 is 1.89 bits per heavy atom. The fraction of sp³-hybridized carbons (Fsp3) is 0.250. The van der Waals surface area contributed by atoms with Gasteiger partial charge in [0.05, 0.1) is 11.4 Å². The monoisotopic (exact) mass is 327 g/mol. The topological polar surface area (TPSA) is 47.8 Å². The van der Waals surface area contributed by atoms with Crippen LogP contribution in [-0.4, -0.2) is 20.2 Å². The number of benzene rings is 1. The van der Waals surface area contributed by atoms with E-state index in [0.29, 0.717) is 5.69 Å². The maximum Gasteiger partial charge on any atom is 0.274 e. The highest BCUT2D eigenvalue weighted by molar-refractivity contribution is 9.10. The van der Waals surface area contributed by atoms with Crippen LogP contribution in [0.2, 0.25) is 0 Å². The molecule has 6 heteroatoms. The quantitative estimate of drug-likeness (QED) is 0.794. The van der Waals surface area contributed by atoms with Crippen LogP contribution in [0, 0.1) is 20.8 Å². The number of halogens is 2. The SMILES string of the molecule is Cc1cc(-n2nc(C)c(C(=O)Cl)n2)c(C)cc1Br. The molecule has 0 atom stereocenters. The van der Waals surface area contributed by atoms with Crippen molar-refractivity contribution in [1.82, 2.24) is 15.0 Å². The van der Waals surface area contributed by atoms with Crippen molar-refractivity contribution in [3.8, 4) is 5.69 Å². The Labute approximate surface area is 118 Å². The van der Waals surface area contributed by atoms with Crippen LogP contribution in [0.1, 0.15) is 27.3 Å². The van der Waals surface area contributed by atoms with E-state index in [0.717, 1.165) is 21.3 Å². The van der Waals surface area contributed by atoms with E-state index in [2.05, 4.69) is 26.1 Å². The van der Waals surface area contributed by atoms with E-state index in [9.17, 15) is 4.79 Å². The van der Waals surface area contributed by atoms with Crippen molar-refractivity contribution in [2.24, 2.45) is 0 Å². The maximum atomic E-state index is 11.2. The lowest BCUT2D eigenvalue weighted by Gasteiger charge is -2.07. The zero-order valence-corrected chi connectivity index (χ0v) is 12.5. The van der Waals surface area contributed by atoms with Crippen molar-refractivity contribution < 1.29 is 4.79 Å². The molecule has 2 aromatic rings. The van der Waals surface area contributed by atoms with E-state index in [1.807, 2.05) is 26.0 Å². The van der Waals surface area contributed by atoms with Crippen molar-refractivity contribution in [3.05, 3.63) is 39.1 Å². The number of carbonyl (C=O) groups excluding carboxylic acids is 1. The molecule has 0 radical (unpaired) electrons. The fourth-order valence-corrected chi connectivity index (χ4v) is 2.28. The van der Waals surface area contributed by atoms with Crippen LogP contribution in [-0.2, 0) is 0 Å². The van der Waals surface area contributed by atoms with Crippen molar-refractivity contribution in [2.45, 2.75) is 20.8 Å². The minimum Gasteiger partial charge on any atom is -0.274 e. The van der Waals surface area contributed by atoms with Crippen LogP contribution >= 0.6 is 27.5 Å². The largest absolute Gasteiger partial charge is 0.274 e. The number of hydrogen-bond acceptors (Lipinski definition) is 3. The lowest BCUT2D eigenvalue weighted by Crippen LogP contribution is -2.03. The summed E-state index contributed by atoms with van der Waals surface area (Å²) < 4.78 is 1.03. The lowest BCUT2D eigenvalue weighted by molar-refractivity contribution is 0.107. The van der Waals surface area contributed by atoms with E-state index in [-0.39, 0.29) is 5.69 Å². The molecular formula is C12H11BrClN3O. The molecule has 18 heavy (non-hydrogen) atoms. The second kappa shape index (κ2) is 4.82. The van der Waals surface area contributed by atoms with Crippen LogP contribution in [0.15, 0.2) is 16.6 Å². The molecule has 0 saturated carbocycles. The average Bonchev–Trinajstić information content (AvgIpc) is 2.65. The summed E-state index contributed by atoms with van der Waals surface area (Å²) in [5, 5.41) is 7.75. The summed E-state index contributed by atoms with van der Waals surface area (Å²) in [4.78, 5) is 12.6. The van der Waals surface area contributed by atoms with E-state index < -0.39 is 5.24 Å². The molecule has 0 N–H and O–H groups in total. The van der Waals surface area contributed by atoms with Gasteiger partial charge in [-0.05, 0) is 55.6 Å². The van der Waals surface area contributed by atoms with E-state index in [4.69, 9.17) is 11.6 Å². The molecule has 0 aliphatic heterocycles. The molecule has 0 aliphatic rings. The van der Waals surface area contributed by atoms with Gasteiger partial charge in [-0.2, -0.15) is 9.90 Å². The van der Waals surface area contributed by atoms with E-state index in [1.54, 1.807) is 6.92 Å². The van der Waals surface area contributed by atoms with Crippen molar-refractivity contribution in [2.75, 3.05) is 0 Å². The Bertz CT molecular complexity index is 636. The van der Waals surface area contributed by atoms with Gasteiger partial charge < -0.3 is 0 Å². The molecule has 0 fully saturated rings. The van der Waals surface area contributed by atoms with Gasteiger partial charge in [-0.3, -0.25) is 4.79 Å². The molecule has 94 valence electrons. The van der Waals surface area contributed by atoms with Crippen LogP contribution in [0.4, 0.5) is 0 Å². The Kier molecular flexibility index (Phi) is 3.54. The fourth-order valence-electron chi connectivity index (χ4n) is 1.65. The van der Waals surface area contributed by atoms with E-state index >= 15 is 0 Å². The summed E-state index contributed by atoms with van der Waals surface area (Å²) in [6, 6.07) is 3.95. The third-order valence-electron chi connectivity index (χ3n) is 2.66. The van der Waals surface area contributed by atoms with Gasteiger partial charge in [0, 0.05) is 4.47 Å². The molecular weight excluding hydrogens is 318 g/mol. The number of rotatable bonds is 2. The van der Waals surface area contributed by atoms with Crippen molar-refractivity contribution >= 4 is 32.8 Å². The first kappa shape index (κ1) is 13.2. The molecule has 0 spiro atoms. The summed E-state index contributed by atoms with van der Waals surface area (Å²) in [6.45, 7) is 5.65. The normalized spacial score (nSPS) is 10.7. The van der Waals surface area contributed by atoms with Gasteiger partial charge in [0.2, 0.25) is 0 Å². The predicted octanol–water partition coefficient (Wildman–Crippen LogP) is 3.33. The Hall–Kier alpha value is -1.20. The third-order valence-corrected chi connectivity index (χ3v) is 3.69. The maximum absolute atomic E-state index is 11.2. The van der Waals surface area contributed by atoms with Crippen molar-refractivity contribution in [1.29, 1.82) is 0 Å². The van der Waals surface area contributed by atoms with Gasteiger partial charge >= 0.3 is 0 Å². The van der Waals surface area contributed by atoms with Crippen LogP contribution < -0.4 is 0 Å². The van der Waals surface area contributed by atoms with Crippen molar-refractivity contribution in [3.63, 3.8) is 0 Å². The zero-order chi connectivity index (χ0) is 13.4. The predicted molar refractivity (Wildman–Crippen MR) is 73.5 cm³/mol. The van der Waals surface area contributed by atoms with Crippen LogP contribution in [0.25, 0.3) is 5.69 Å². The van der Waals surface area contributed by atoms with Gasteiger partial charge in [-0.25, -0.2) is 0 Å². The molecule has 1 aromatic carbocycles. The molecule has 0 amide bonds. The summed E-state index contributed by atoms with van der Waals surface area (Å²) in [5.74, 6) is 0. The number of carbonyl (C=O) groups is 1. The highest BCUT2D eigenvalue weighted by Gasteiger charge is 2.15. The second-order valence-electron chi connectivity index (χ2n) is 4.09. The zero-order valence-electron chi connectivity index (χ0n) is 10.2. The summed E-state index contributed by atoms with van der Waals surface area (Å²) in [5.41, 5.74) is 3.63. The minimum absolute atomic E-state index is 0.191. The number of hydrogen-bond donors (Lipinski definition) is 0. The second-order valence-corrected chi connectivity index (χ2v) is 5.28.